The number of aromatic amines is 1. The number of nitrogens with zero attached hydrogens (tertiary/aromatic N) is 1. The van der Waals surface area contributed by atoms with Gasteiger partial charge in [0.1, 0.15) is 5.75 Å². The molecule has 1 saturated carbocycles. The number of hydrogen-bond acceptors (Lipinski definition) is 2. The third kappa shape index (κ3) is 2.13. The Morgan fingerprint density at radius 2 is 2.17 bits per heavy atom. The van der Waals surface area contributed by atoms with Gasteiger partial charge >= 0.3 is 0 Å². The zero-order valence-corrected chi connectivity index (χ0v) is 14.4. The molecular weight excluding hydrogens is 308 g/mol. The molecule has 4 aliphatic rings. The van der Waals surface area contributed by atoms with E-state index in [-0.39, 0.29) is 12.4 Å². The predicted octanol–water partition coefficient (Wildman–Crippen LogP) is 4.06. The van der Waals surface area contributed by atoms with E-state index in [2.05, 4.69) is 16.8 Å². The highest BCUT2D eigenvalue weighted by molar-refractivity contribution is 5.86. The lowest BCUT2D eigenvalue weighted by molar-refractivity contribution is -0.0134. The predicted molar refractivity (Wildman–Crippen MR) is 95.5 cm³/mol. The molecular formula is C19H25ClN2O. The van der Waals surface area contributed by atoms with Crippen molar-refractivity contribution >= 4 is 23.3 Å². The van der Waals surface area contributed by atoms with Crippen LogP contribution in [-0.2, 0) is 6.42 Å². The largest absolute Gasteiger partial charge is 0.508 e. The van der Waals surface area contributed by atoms with E-state index in [4.69, 9.17) is 0 Å². The van der Waals surface area contributed by atoms with Crippen molar-refractivity contribution in [1.29, 1.82) is 0 Å². The van der Waals surface area contributed by atoms with Crippen LogP contribution in [0.15, 0.2) is 18.2 Å². The van der Waals surface area contributed by atoms with Gasteiger partial charge in [-0.3, -0.25) is 4.90 Å². The SMILES string of the molecule is CC[C@@H]1C[C@H]2CC3c4[nH]c5ccc(O)cc5c4CCN(C2)C31.Cl. The third-order valence-electron chi connectivity index (χ3n) is 6.50. The molecule has 3 unspecified atom stereocenters. The number of halogens is 1. The monoisotopic (exact) mass is 332 g/mol. The number of fused-ring (bicyclic) bond motifs is 4. The topological polar surface area (TPSA) is 39.3 Å². The van der Waals surface area contributed by atoms with Crippen molar-refractivity contribution < 1.29 is 5.11 Å². The molecule has 23 heavy (non-hydrogen) atoms. The fourth-order valence-corrected chi connectivity index (χ4v) is 5.68. The molecule has 1 aromatic carbocycles. The molecule has 3 aliphatic heterocycles. The highest BCUT2D eigenvalue weighted by atomic mass is 35.5. The normalized spacial score (nSPS) is 34.7. The van der Waals surface area contributed by atoms with Crippen molar-refractivity contribution in [3.8, 4) is 5.75 Å². The van der Waals surface area contributed by atoms with Gasteiger partial charge in [-0.2, -0.15) is 0 Å². The van der Waals surface area contributed by atoms with E-state index in [1.807, 2.05) is 12.1 Å². The van der Waals surface area contributed by atoms with Crippen LogP contribution in [0, 0.1) is 11.8 Å². The number of benzene rings is 1. The lowest BCUT2D eigenvalue weighted by atomic mass is 9.65. The van der Waals surface area contributed by atoms with Crippen LogP contribution < -0.4 is 0 Å². The highest BCUT2D eigenvalue weighted by Crippen LogP contribution is 2.51. The van der Waals surface area contributed by atoms with Crippen molar-refractivity contribution in [3.63, 3.8) is 0 Å². The molecule has 4 heterocycles. The van der Waals surface area contributed by atoms with Crippen LogP contribution in [0.5, 0.6) is 5.75 Å². The fraction of sp³-hybridized carbons (Fsp3) is 0.579. The van der Waals surface area contributed by atoms with Gasteiger partial charge < -0.3 is 10.1 Å². The first-order chi connectivity index (χ1) is 10.7. The van der Waals surface area contributed by atoms with Crippen LogP contribution in [0.3, 0.4) is 0 Å². The second-order valence-electron chi connectivity index (χ2n) is 7.59. The first-order valence-electron chi connectivity index (χ1n) is 8.82. The molecule has 1 aliphatic carbocycles. The Morgan fingerprint density at radius 1 is 1.30 bits per heavy atom. The summed E-state index contributed by atoms with van der Waals surface area (Å²) in [5, 5.41) is 11.1. The lowest BCUT2D eigenvalue weighted by Crippen LogP contribution is -2.56. The van der Waals surface area contributed by atoms with E-state index in [0.29, 0.717) is 11.7 Å². The van der Waals surface area contributed by atoms with E-state index in [1.54, 1.807) is 6.07 Å². The van der Waals surface area contributed by atoms with Crippen LogP contribution in [0.25, 0.3) is 10.9 Å². The van der Waals surface area contributed by atoms with E-state index in [1.165, 1.54) is 54.5 Å². The summed E-state index contributed by atoms with van der Waals surface area (Å²) in [6.07, 6.45) is 5.22. The number of nitrogens with one attached hydrogen (secondary N) is 1. The summed E-state index contributed by atoms with van der Waals surface area (Å²) in [4.78, 5) is 6.51. The number of aromatic nitrogens is 1. The van der Waals surface area contributed by atoms with E-state index in [9.17, 15) is 5.11 Å². The number of hydrogen-bond donors (Lipinski definition) is 2. The molecule has 0 radical (unpaired) electrons. The van der Waals surface area contributed by atoms with Gasteiger partial charge in [-0.1, -0.05) is 13.3 Å². The van der Waals surface area contributed by atoms with Gasteiger partial charge in [-0.25, -0.2) is 0 Å². The van der Waals surface area contributed by atoms with Crippen LogP contribution in [0.2, 0.25) is 0 Å². The third-order valence-corrected chi connectivity index (χ3v) is 6.50. The second kappa shape index (κ2) is 5.42. The second-order valence-corrected chi connectivity index (χ2v) is 7.59. The smallest absolute Gasteiger partial charge is 0.116 e. The van der Waals surface area contributed by atoms with Gasteiger partial charge in [0, 0.05) is 41.6 Å². The Hall–Kier alpha value is -1.19. The Bertz CT molecular complexity index is 740. The Balaban J connectivity index is 0.00000135. The summed E-state index contributed by atoms with van der Waals surface area (Å²) in [6, 6.07) is 6.52. The zero-order chi connectivity index (χ0) is 14.8. The van der Waals surface area contributed by atoms with Crippen LogP contribution in [0.4, 0.5) is 0 Å². The van der Waals surface area contributed by atoms with E-state index >= 15 is 0 Å². The summed E-state index contributed by atoms with van der Waals surface area (Å²) in [5.41, 5.74) is 4.16. The molecule has 5 atom stereocenters. The maximum Gasteiger partial charge on any atom is 0.116 e. The highest BCUT2D eigenvalue weighted by Gasteiger charge is 2.48. The minimum absolute atomic E-state index is 0. The number of phenolic OH excluding ortho intramolecular Hbond substituents is 1. The number of rotatable bonds is 1. The summed E-state index contributed by atoms with van der Waals surface area (Å²) in [5.74, 6) is 2.80. The summed E-state index contributed by atoms with van der Waals surface area (Å²) < 4.78 is 0. The van der Waals surface area contributed by atoms with Crippen LogP contribution >= 0.6 is 12.4 Å². The molecule has 0 amide bonds. The number of H-pyrrole nitrogens is 1. The fourth-order valence-electron chi connectivity index (χ4n) is 5.68. The van der Waals surface area contributed by atoms with Crippen molar-refractivity contribution in [2.45, 2.75) is 44.6 Å². The average Bonchev–Trinajstić information content (AvgIpc) is 2.85. The first-order valence-corrected chi connectivity index (χ1v) is 8.82. The van der Waals surface area contributed by atoms with Gasteiger partial charge in [0.15, 0.2) is 0 Å². The number of phenols is 1. The molecule has 2 N–H and O–H groups in total. The minimum atomic E-state index is 0. The van der Waals surface area contributed by atoms with Gasteiger partial charge in [-0.15, -0.1) is 12.4 Å². The molecule has 6 rings (SSSR count). The van der Waals surface area contributed by atoms with E-state index < -0.39 is 0 Å². The molecule has 2 aromatic rings. The molecule has 124 valence electrons. The average molecular weight is 333 g/mol. The lowest BCUT2D eigenvalue weighted by Gasteiger charge is -2.53. The maximum absolute atomic E-state index is 9.87. The minimum Gasteiger partial charge on any atom is -0.508 e. The molecule has 0 spiro atoms. The van der Waals surface area contributed by atoms with Crippen molar-refractivity contribution in [2.75, 3.05) is 13.1 Å². The summed E-state index contributed by atoms with van der Waals surface area (Å²) in [6.45, 7) is 4.86. The van der Waals surface area contributed by atoms with Gasteiger partial charge in [0.05, 0.1) is 0 Å². The number of piperidine rings is 2. The van der Waals surface area contributed by atoms with Crippen molar-refractivity contribution in [1.82, 2.24) is 9.88 Å². The van der Waals surface area contributed by atoms with Gasteiger partial charge in [0.25, 0.3) is 0 Å². The first kappa shape index (κ1) is 15.3. The van der Waals surface area contributed by atoms with Gasteiger partial charge in [0.2, 0.25) is 0 Å². The quantitative estimate of drug-likeness (QED) is 0.826. The Morgan fingerprint density at radius 3 is 3.00 bits per heavy atom. The molecule has 4 bridgehead atoms. The maximum atomic E-state index is 9.87. The zero-order valence-electron chi connectivity index (χ0n) is 13.6. The van der Waals surface area contributed by atoms with Crippen LogP contribution in [0.1, 0.15) is 43.4 Å². The summed E-state index contributed by atoms with van der Waals surface area (Å²) >= 11 is 0. The van der Waals surface area contributed by atoms with Crippen LogP contribution in [-0.4, -0.2) is 34.1 Å². The molecule has 3 fully saturated rings. The molecule has 2 saturated heterocycles. The van der Waals surface area contributed by atoms with Crippen molar-refractivity contribution in [3.05, 3.63) is 29.5 Å². The molecule has 4 heteroatoms. The number of aromatic hydroxyl groups is 1. The van der Waals surface area contributed by atoms with Crippen molar-refractivity contribution in [2.24, 2.45) is 11.8 Å². The van der Waals surface area contributed by atoms with E-state index in [0.717, 1.165) is 24.3 Å². The Kier molecular flexibility index (Phi) is 3.62. The standard InChI is InChI=1S/C19H24N2O.ClH/c1-2-12-7-11-8-16-18-14(5-6-21(10-11)19(12)16)15-9-13(22)3-4-17(15)20-18;/h3-4,9,11-12,16,19-20,22H,2,5-8,10H2,1H3;1H/t11-,12+,16?,19?;/m0./s1. The Labute approximate surface area is 143 Å². The van der Waals surface area contributed by atoms with Gasteiger partial charge in [-0.05, 0) is 54.9 Å². The molecule has 1 aromatic heterocycles. The molecule has 3 nitrogen and oxygen atoms in total. The summed E-state index contributed by atoms with van der Waals surface area (Å²) in [7, 11) is 0.